The second-order valence-electron chi connectivity index (χ2n) is 8.57. The predicted octanol–water partition coefficient (Wildman–Crippen LogP) is 4.13. The van der Waals surface area contributed by atoms with Gasteiger partial charge in [-0.3, -0.25) is 9.59 Å². The van der Waals surface area contributed by atoms with Crippen LogP contribution < -0.4 is 9.47 Å². The standard InChI is InChI=1S/C26H34N2O4/c1-27(17-21-10-5-7-14-23(21)31-3)25(29)19-12-9-13-20(16-19)26(30)28(2)18-22-11-6-8-15-24(22)32-4/h5-8,10-11,14-15,19-20H,9,12-13,16-18H2,1-4H3. The molecule has 0 heterocycles. The molecule has 1 aliphatic carbocycles. The number of hydrogen-bond acceptors (Lipinski definition) is 4. The molecule has 6 nitrogen and oxygen atoms in total. The van der Waals surface area contributed by atoms with Crippen LogP contribution in [0, 0.1) is 11.8 Å². The first kappa shape index (κ1) is 23.6. The molecule has 0 aliphatic heterocycles. The molecule has 32 heavy (non-hydrogen) atoms. The first-order chi connectivity index (χ1) is 15.4. The molecule has 172 valence electrons. The van der Waals surface area contributed by atoms with Gasteiger partial charge in [-0.1, -0.05) is 42.8 Å². The first-order valence-electron chi connectivity index (χ1n) is 11.2. The van der Waals surface area contributed by atoms with E-state index in [1.807, 2.05) is 62.6 Å². The third-order valence-electron chi connectivity index (χ3n) is 6.33. The number of carbonyl (C=O) groups is 2. The van der Waals surface area contributed by atoms with Crippen LogP contribution in [-0.2, 0) is 22.7 Å². The lowest BCUT2D eigenvalue weighted by molar-refractivity contribution is -0.140. The Morgan fingerprint density at radius 2 is 1.19 bits per heavy atom. The Labute approximate surface area is 191 Å². The molecule has 0 saturated heterocycles. The van der Waals surface area contributed by atoms with Crippen molar-refractivity contribution >= 4 is 11.8 Å². The molecule has 1 saturated carbocycles. The summed E-state index contributed by atoms with van der Waals surface area (Å²) in [6.45, 7) is 0.983. The highest BCUT2D eigenvalue weighted by Gasteiger charge is 2.34. The summed E-state index contributed by atoms with van der Waals surface area (Å²) in [5.41, 5.74) is 1.96. The topological polar surface area (TPSA) is 59.1 Å². The largest absolute Gasteiger partial charge is 0.496 e. The van der Waals surface area contributed by atoms with Crippen molar-refractivity contribution in [3.8, 4) is 11.5 Å². The fourth-order valence-corrected chi connectivity index (χ4v) is 4.60. The molecular formula is C26H34N2O4. The lowest BCUT2D eigenvalue weighted by atomic mass is 9.80. The molecule has 3 rings (SSSR count). The Bertz CT molecular complexity index is 856. The van der Waals surface area contributed by atoms with Gasteiger partial charge in [0.25, 0.3) is 0 Å². The van der Waals surface area contributed by atoms with Crippen molar-refractivity contribution in [3.05, 3.63) is 59.7 Å². The van der Waals surface area contributed by atoms with Gasteiger partial charge in [-0.2, -0.15) is 0 Å². The van der Waals surface area contributed by atoms with Crippen molar-refractivity contribution in [3.63, 3.8) is 0 Å². The van der Waals surface area contributed by atoms with Gasteiger partial charge >= 0.3 is 0 Å². The van der Waals surface area contributed by atoms with Gasteiger partial charge in [-0.05, 0) is 31.4 Å². The number of para-hydroxylation sites is 2. The second kappa shape index (κ2) is 11.0. The van der Waals surface area contributed by atoms with Crippen LogP contribution in [0.1, 0.15) is 36.8 Å². The van der Waals surface area contributed by atoms with Crippen LogP contribution in [0.2, 0.25) is 0 Å². The monoisotopic (exact) mass is 438 g/mol. The number of nitrogens with zero attached hydrogens (tertiary/aromatic N) is 2. The van der Waals surface area contributed by atoms with E-state index in [0.717, 1.165) is 41.9 Å². The molecule has 1 aliphatic rings. The van der Waals surface area contributed by atoms with Gasteiger partial charge in [0.05, 0.1) is 14.2 Å². The Kier molecular flexibility index (Phi) is 8.14. The van der Waals surface area contributed by atoms with E-state index in [4.69, 9.17) is 9.47 Å². The van der Waals surface area contributed by atoms with Gasteiger partial charge in [-0.15, -0.1) is 0 Å². The normalized spacial score (nSPS) is 18.0. The summed E-state index contributed by atoms with van der Waals surface area (Å²) in [5.74, 6) is 1.50. The highest BCUT2D eigenvalue weighted by molar-refractivity contribution is 5.82. The molecule has 2 aromatic carbocycles. The van der Waals surface area contributed by atoms with E-state index in [1.54, 1.807) is 24.0 Å². The molecule has 0 radical (unpaired) electrons. The maximum absolute atomic E-state index is 13.2. The quantitative estimate of drug-likeness (QED) is 0.622. The summed E-state index contributed by atoms with van der Waals surface area (Å²) in [4.78, 5) is 29.8. The molecule has 0 bridgehead atoms. The van der Waals surface area contributed by atoms with E-state index in [-0.39, 0.29) is 23.7 Å². The zero-order valence-corrected chi connectivity index (χ0v) is 19.5. The van der Waals surface area contributed by atoms with Gasteiger partial charge in [0.1, 0.15) is 11.5 Å². The maximum atomic E-state index is 13.2. The van der Waals surface area contributed by atoms with Crippen molar-refractivity contribution in [1.82, 2.24) is 9.80 Å². The molecule has 0 spiro atoms. The molecule has 6 heteroatoms. The van der Waals surface area contributed by atoms with Crippen molar-refractivity contribution in [2.24, 2.45) is 11.8 Å². The average molecular weight is 439 g/mol. The summed E-state index contributed by atoms with van der Waals surface area (Å²) >= 11 is 0. The SMILES string of the molecule is COc1ccccc1CN(C)C(=O)C1CCCC(C(=O)N(C)Cc2ccccc2OC)C1. The predicted molar refractivity (Wildman–Crippen MR) is 124 cm³/mol. The average Bonchev–Trinajstić information content (AvgIpc) is 2.83. The fraction of sp³-hybridized carbons (Fsp3) is 0.462. The summed E-state index contributed by atoms with van der Waals surface area (Å²) in [6.07, 6.45) is 3.15. The minimum atomic E-state index is -0.128. The van der Waals surface area contributed by atoms with Crippen molar-refractivity contribution in [2.75, 3.05) is 28.3 Å². The van der Waals surface area contributed by atoms with Crippen molar-refractivity contribution < 1.29 is 19.1 Å². The number of rotatable bonds is 8. The van der Waals surface area contributed by atoms with Crippen LogP contribution in [0.15, 0.2) is 48.5 Å². The summed E-state index contributed by atoms with van der Waals surface area (Å²) in [7, 11) is 6.93. The van der Waals surface area contributed by atoms with Crippen LogP contribution in [0.3, 0.4) is 0 Å². The highest BCUT2D eigenvalue weighted by atomic mass is 16.5. The third-order valence-corrected chi connectivity index (χ3v) is 6.33. The van der Waals surface area contributed by atoms with Gasteiger partial charge in [0, 0.05) is 50.1 Å². The zero-order chi connectivity index (χ0) is 23.1. The van der Waals surface area contributed by atoms with Crippen LogP contribution in [0.25, 0.3) is 0 Å². The lowest BCUT2D eigenvalue weighted by Crippen LogP contribution is -2.40. The van der Waals surface area contributed by atoms with Crippen LogP contribution in [0.4, 0.5) is 0 Å². The number of ether oxygens (including phenoxy) is 2. The van der Waals surface area contributed by atoms with Crippen LogP contribution in [0.5, 0.6) is 11.5 Å². The third kappa shape index (κ3) is 5.61. The number of benzene rings is 2. The Morgan fingerprint density at radius 3 is 1.59 bits per heavy atom. The van der Waals surface area contributed by atoms with Crippen molar-refractivity contribution in [2.45, 2.75) is 38.8 Å². The van der Waals surface area contributed by atoms with E-state index < -0.39 is 0 Å². The Hall–Kier alpha value is -3.02. The van der Waals surface area contributed by atoms with Gasteiger partial charge in [0.2, 0.25) is 11.8 Å². The molecule has 2 unspecified atom stereocenters. The summed E-state index contributed by atoms with van der Waals surface area (Å²) in [6, 6.07) is 15.5. The highest BCUT2D eigenvalue weighted by Crippen LogP contribution is 2.32. The number of hydrogen-bond donors (Lipinski definition) is 0. The lowest BCUT2D eigenvalue weighted by Gasteiger charge is -2.32. The van der Waals surface area contributed by atoms with Gasteiger partial charge < -0.3 is 19.3 Å². The van der Waals surface area contributed by atoms with Gasteiger partial charge in [-0.25, -0.2) is 0 Å². The molecule has 2 aromatic rings. The number of methoxy groups -OCH3 is 2. The van der Waals surface area contributed by atoms with E-state index in [2.05, 4.69) is 0 Å². The van der Waals surface area contributed by atoms with Gasteiger partial charge in [0.15, 0.2) is 0 Å². The summed E-state index contributed by atoms with van der Waals surface area (Å²) in [5, 5.41) is 0. The van der Waals surface area contributed by atoms with E-state index >= 15 is 0 Å². The first-order valence-corrected chi connectivity index (χ1v) is 11.2. The molecule has 2 atom stereocenters. The molecule has 2 amide bonds. The Morgan fingerprint density at radius 1 is 0.781 bits per heavy atom. The summed E-state index contributed by atoms with van der Waals surface area (Å²) < 4.78 is 10.8. The van der Waals surface area contributed by atoms with Crippen LogP contribution >= 0.6 is 0 Å². The Balaban J connectivity index is 1.61. The fourth-order valence-electron chi connectivity index (χ4n) is 4.60. The molecule has 0 aromatic heterocycles. The van der Waals surface area contributed by atoms with E-state index in [0.29, 0.717) is 19.5 Å². The minimum Gasteiger partial charge on any atom is -0.496 e. The number of amides is 2. The van der Waals surface area contributed by atoms with E-state index in [1.165, 1.54) is 0 Å². The molecule has 0 N–H and O–H groups in total. The number of carbonyl (C=O) groups excluding carboxylic acids is 2. The zero-order valence-electron chi connectivity index (χ0n) is 19.5. The van der Waals surface area contributed by atoms with Crippen molar-refractivity contribution in [1.29, 1.82) is 0 Å². The van der Waals surface area contributed by atoms with Crippen LogP contribution in [-0.4, -0.2) is 49.9 Å². The molecule has 1 fully saturated rings. The second-order valence-corrected chi connectivity index (χ2v) is 8.57. The maximum Gasteiger partial charge on any atom is 0.225 e. The smallest absolute Gasteiger partial charge is 0.225 e. The molecular weight excluding hydrogens is 404 g/mol. The minimum absolute atomic E-state index is 0.0980. The van der Waals surface area contributed by atoms with E-state index in [9.17, 15) is 9.59 Å².